The topological polar surface area (TPSA) is 110 Å². The number of nitrogens with two attached hydrogens (primary N) is 2. The molecule has 0 bridgehead atoms. The average molecular weight is 323 g/mol. The van der Waals surface area contributed by atoms with Gasteiger partial charge in [0.1, 0.15) is 11.9 Å². The van der Waals surface area contributed by atoms with Crippen LogP contribution in [0.3, 0.4) is 0 Å². The summed E-state index contributed by atoms with van der Waals surface area (Å²) in [6.07, 6.45) is 2.76. The van der Waals surface area contributed by atoms with E-state index in [0.29, 0.717) is 29.8 Å². The molecule has 0 fully saturated rings. The summed E-state index contributed by atoms with van der Waals surface area (Å²) in [6.45, 7) is 0.965. The summed E-state index contributed by atoms with van der Waals surface area (Å²) in [5.74, 6) is -0.346. The van der Waals surface area contributed by atoms with Crippen molar-refractivity contribution >= 4 is 12.2 Å². The number of rotatable bonds is 7. The summed E-state index contributed by atoms with van der Waals surface area (Å²) >= 11 is 0. The highest BCUT2D eigenvalue weighted by Gasteiger charge is 2.13. The molecule has 0 amide bonds. The molecule has 8 heteroatoms. The molecule has 2 aromatic rings. The van der Waals surface area contributed by atoms with Crippen molar-refractivity contribution in [3.05, 3.63) is 36.4 Å². The van der Waals surface area contributed by atoms with Crippen LogP contribution in [0.2, 0.25) is 0 Å². The highest BCUT2D eigenvalue weighted by molar-refractivity contribution is 5.65. The largest absolute Gasteiger partial charge is 0.461 e. The number of aromatic amines is 1. The molecule has 126 valence electrons. The third kappa shape index (κ3) is 5.04. The van der Waals surface area contributed by atoms with E-state index in [0.717, 1.165) is 0 Å². The molecular formula is C15H22FN5O2. The first-order chi connectivity index (χ1) is 11.2. The Hall–Kier alpha value is -2.45. The SMILES string of the molecule is CN.CN(CC(CN)OC=O)c1ccc(-c2cn[nH]c2)c(F)c1. The molecule has 1 unspecified atom stereocenters. The van der Waals surface area contributed by atoms with Gasteiger partial charge >= 0.3 is 0 Å². The fraction of sp³-hybridized carbons (Fsp3) is 0.333. The van der Waals surface area contributed by atoms with Gasteiger partial charge in [-0.15, -0.1) is 0 Å². The highest BCUT2D eigenvalue weighted by Crippen LogP contribution is 2.25. The maximum absolute atomic E-state index is 14.2. The van der Waals surface area contributed by atoms with Crippen molar-refractivity contribution in [2.45, 2.75) is 6.10 Å². The predicted molar refractivity (Wildman–Crippen MR) is 87.4 cm³/mol. The average Bonchev–Trinajstić information content (AvgIpc) is 3.10. The minimum Gasteiger partial charge on any atom is -0.461 e. The highest BCUT2D eigenvalue weighted by atomic mass is 19.1. The van der Waals surface area contributed by atoms with Crippen LogP contribution in [0.4, 0.5) is 10.1 Å². The molecule has 0 radical (unpaired) electrons. The number of hydrogen-bond acceptors (Lipinski definition) is 6. The number of carbonyl (C=O) groups excluding carboxylic acids is 1. The summed E-state index contributed by atoms with van der Waals surface area (Å²) in [4.78, 5) is 12.1. The minimum atomic E-state index is -0.427. The normalized spacial score (nSPS) is 11.2. The lowest BCUT2D eigenvalue weighted by Crippen LogP contribution is -2.36. The zero-order valence-electron chi connectivity index (χ0n) is 13.2. The Kier molecular flexibility index (Phi) is 7.72. The Morgan fingerprint density at radius 3 is 2.74 bits per heavy atom. The maximum Gasteiger partial charge on any atom is 0.293 e. The molecule has 0 saturated carbocycles. The van der Waals surface area contributed by atoms with E-state index in [9.17, 15) is 9.18 Å². The van der Waals surface area contributed by atoms with E-state index < -0.39 is 6.10 Å². The number of likely N-dealkylation sites (N-methyl/N-ethyl adjacent to an activating group) is 1. The van der Waals surface area contributed by atoms with Crippen molar-refractivity contribution in [3.8, 4) is 11.1 Å². The molecule has 7 nitrogen and oxygen atoms in total. The van der Waals surface area contributed by atoms with E-state index in [2.05, 4.69) is 15.9 Å². The first-order valence-corrected chi connectivity index (χ1v) is 7.02. The number of halogens is 1. The van der Waals surface area contributed by atoms with Crippen LogP contribution in [0, 0.1) is 5.82 Å². The van der Waals surface area contributed by atoms with Crippen LogP contribution in [0.1, 0.15) is 0 Å². The van der Waals surface area contributed by atoms with Crippen molar-refractivity contribution in [1.29, 1.82) is 0 Å². The lowest BCUT2D eigenvalue weighted by molar-refractivity contribution is -0.132. The van der Waals surface area contributed by atoms with Gasteiger partial charge in [0.05, 0.1) is 12.7 Å². The van der Waals surface area contributed by atoms with Crippen LogP contribution in [0.15, 0.2) is 30.6 Å². The number of nitrogens with zero attached hydrogens (tertiary/aromatic N) is 2. The van der Waals surface area contributed by atoms with E-state index >= 15 is 0 Å². The van der Waals surface area contributed by atoms with Gasteiger partial charge in [-0.05, 0) is 25.2 Å². The first kappa shape index (κ1) is 18.6. The third-order valence-electron chi connectivity index (χ3n) is 3.19. The molecule has 1 aromatic heterocycles. The van der Waals surface area contributed by atoms with Gasteiger partial charge in [-0.25, -0.2) is 4.39 Å². The Balaban J connectivity index is 0.00000127. The van der Waals surface area contributed by atoms with Gasteiger partial charge in [0.25, 0.3) is 6.47 Å². The quantitative estimate of drug-likeness (QED) is 0.648. The van der Waals surface area contributed by atoms with Crippen molar-refractivity contribution in [3.63, 3.8) is 0 Å². The molecule has 0 aliphatic heterocycles. The fourth-order valence-corrected chi connectivity index (χ4v) is 2.04. The number of aromatic nitrogens is 2. The van der Waals surface area contributed by atoms with Crippen LogP contribution < -0.4 is 16.4 Å². The van der Waals surface area contributed by atoms with Gasteiger partial charge in [0, 0.05) is 36.6 Å². The lowest BCUT2D eigenvalue weighted by atomic mass is 10.1. The van der Waals surface area contributed by atoms with Gasteiger partial charge in [0.2, 0.25) is 0 Å². The van der Waals surface area contributed by atoms with E-state index in [1.807, 2.05) is 0 Å². The number of anilines is 1. The zero-order chi connectivity index (χ0) is 17.2. The Labute approximate surface area is 134 Å². The standard InChI is InChI=1S/C14H17FN4O2.CH5N/c1-19(8-12(5-16)21-9-20)11-2-3-13(14(15)4-11)10-6-17-18-7-10;1-2/h2-4,6-7,9,12H,5,8,16H2,1H3,(H,17,18);2H2,1H3. The first-order valence-electron chi connectivity index (χ1n) is 7.02. The number of ether oxygens (including phenoxy) is 1. The second-order valence-electron chi connectivity index (χ2n) is 4.62. The number of H-pyrrole nitrogens is 1. The van der Waals surface area contributed by atoms with Crippen LogP contribution >= 0.6 is 0 Å². The van der Waals surface area contributed by atoms with Gasteiger partial charge < -0.3 is 21.1 Å². The number of benzene rings is 1. The molecule has 0 aliphatic carbocycles. The van der Waals surface area contributed by atoms with Crippen LogP contribution in [-0.4, -0.2) is 50.0 Å². The van der Waals surface area contributed by atoms with Gasteiger partial charge in [-0.3, -0.25) is 9.89 Å². The molecule has 0 spiro atoms. The van der Waals surface area contributed by atoms with E-state index in [4.69, 9.17) is 10.5 Å². The van der Waals surface area contributed by atoms with Crippen molar-refractivity contribution in [2.75, 3.05) is 32.1 Å². The Morgan fingerprint density at radius 2 is 2.22 bits per heavy atom. The molecule has 1 heterocycles. The summed E-state index contributed by atoms with van der Waals surface area (Å²) < 4.78 is 19.0. The van der Waals surface area contributed by atoms with E-state index in [1.54, 1.807) is 36.5 Å². The molecule has 0 aliphatic rings. The van der Waals surface area contributed by atoms with Gasteiger partial charge in [-0.2, -0.15) is 5.10 Å². The van der Waals surface area contributed by atoms with E-state index in [1.165, 1.54) is 13.1 Å². The Bertz CT molecular complexity index is 592. The van der Waals surface area contributed by atoms with Crippen molar-refractivity contribution < 1.29 is 13.9 Å². The smallest absolute Gasteiger partial charge is 0.293 e. The monoisotopic (exact) mass is 323 g/mol. The molecule has 0 saturated heterocycles. The fourth-order valence-electron chi connectivity index (χ4n) is 2.04. The van der Waals surface area contributed by atoms with Gasteiger partial charge in [0.15, 0.2) is 0 Å². The molecule has 1 aromatic carbocycles. The van der Waals surface area contributed by atoms with E-state index in [-0.39, 0.29) is 12.4 Å². The molecule has 5 N–H and O–H groups in total. The molecular weight excluding hydrogens is 301 g/mol. The van der Waals surface area contributed by atoms with Crippen molar-refractivity contribution in [2.24, 2.45) is 11.5 Å². The number of hydrogen-bond donors (Lipinski definition) is 3. The molecule has 2 rings (SSSR count). The van der Waals surface area contributed by atoms with Crippen molar-refractivity contribution in [1.82, 2.24) is 10.2 Å². The molecule has 23 heavy (non-hydrogen) atoms. The second-order valence-corrected chi connectivity index (χ2v) is 4.62. The van der Waals surface area contributed by atoms with Crippen LogP contribution in [0.5, 0.6) is 0 Å². The third-order valence-corrected chi connectivity index (χ3v) is 3.19. The molecule has 1 atom stereocenters. The second kappa shape index (κ2) is 9.54. The summed E-state index contributed by atoms with van der Waals surface area (Å²) in [5, 5.41) is 6.45. The van der Waals surface area contributed by atoms with Crippen LogP contribution in [0.25, 0.3) is 11.1 Å². The summed E-state index contributed by atoms with van der Waals surface area (Å²) in [7, 11) is 3.28. The summed E-state index contributed by atoms with van der Waals surface area (Å²) in [5.41, 5.74) is 11.8. The summed E-state index contributed by atoms with van der Waals surface area (Å²) in [6, 6.07) is 4.90. The minimum absolute atomic E-state index is 0.207. The van der Waals surface area contributed by atoms with Crippen LogP contribution in [-0.2, 0) is 9.53 Å². The number of nitrogens with one attached hydrogen (secondary N) is 1. The maximum atomic E-state index is 14.2. The predicted octanol–water partition coefficient (Wildman–Crippen LogP) is 0.727. The Morgan fingerprint density at radius 1 is 1.48 bits per heavy atom. The number of carbonyl (C=O) groups is 1. The van der Waals surface area contributed by atoms with Gasteiger partial charge in [-0.1, -0.05) is 0 Å². The zero-order valence-corrected chi connectivity index (χ0v) is 13.2. The lowest BCUT2D eigenvalue weighted by Gasteiger charge is -2.24.